The lowest BCUT2D eigenvalue weighted by Crippen LogP contribution is -2.40. The Morgan fingerprint density at radius 3 is 2.63 bits per heavy atom. The Balaban J connectivity index is 2.12. The van der Waals surface area contributed by atoms with Gasteiger partial charge >= 0.3 is 5.97 Å². The number of rotatable bonds is 4. The lowest BCUT2D eigenvalue weighted by molar-refractivity contribution is -0.141. The van der Waals surface area contributed by atoms with Crippen LogP contribution in [-0.2, 0) is 16.1 Å². The maximum absolute atomic E-state index is 12.3. The molecule has 1 fully saturated rings. The second-order valence-corrected chi connectivity index (χ2v) is 4.62. The fraction of sp³-hybridized carbons (Fsp3) is 0.429. The standard InChI is InChI=1S/C14H17NO4/c1-19-9-10-4-6-11(7-5-10)13(16)15-8-2-3-12(15)14(17)18/h4-7,12H,2-3,8-9H2,1H3,(H,17,18)/t12-/m0/s1. The van der Waals surface area contributed by atoms with Crippen LogP contribution in [0.15, 0.2) is 24.3 Å². The number of carbonyl (C=O) groups is 2. The second kappa shape index (κ2) is 5.84. The van der Waals surface area contributed by atoms with Gasteiger partial charge in [0.25, 0.3) is 5.91 Å². The van der Waals surface area contributed by atoms with Crippen LogP contribution in [0.3, 0.4) is 0 Å². The highest BCUT2D eigenvalue weighted by Gasteiger charge is 2.34. The molecule has 1 amide bonds. The molecule has 5 heteroatoms. The van der Waals surface area contributed by atoms with Crippen LogP contribution in [0.25, 0.3) is 0 Å². The van der Waals surface area contributed by atoms with Gasteiger partial charge in [-0.25, -0.2) is 4.79 Å². The van der Waals surface area contributed by atoms with Crippen LogP contribution < -0.4 is 0 Å². The molecule has 1 saturated heterocycles. The summed E-state index contributed by atoms with van der Waals surface area (Å²) in [6, 6.07) is 6.39. The zero-order valence-electron chi connectivity index (χ0n) is 10.8. The van der Waals surface area contributed by atoms with Gasteiger partial charge in [0.1, 0.15) is 6.04 Å². The van der Waals surface area contributed by atoms with Crippen molar-refractivity contribution in [2.45, 2.75) is 25.5 Å². The van der Waals surface area contributed by atoms with Gasteiger partial charge in [-0.05, 0) is 30.5 Å². The highest BCUT2D eigenvalue weighted by molar-refractivity contribution is 5.97. The molecule has 1 N–H and O–H groups in total. The molecule has 1 aliphatic rings. The minimum Gasteiger partial charge on any atom is -0.480 e. The highest BCUT2D eigenvalue weighted by atomic mass is 16.5. The fourth-order valence-electron chi connectivity index (χ4n) is 2.34. The molecule has 1 atom stereocenters. The molecule has 1 aromatic carbocycles. The van der Waals surface area contributed by atoms with E-state index in [2.05, 4.69) is 0 Å². The number of hydrogen-bond donors (Lipinski definition) is 1. The van der Waals surface area contributed by atoms with E-state index in [1.165, 1.54) is 4.90 Å². The minimum absolute atomic E-state index is 0.214. The van der Waals surface area contributed by atoms with Crippen molar-refractivity contribution in [2.75, 3.05) is 13.7 Å². The monoisotopic (exact) mass is 263 g/mol. The van der Waals surface area contributed by atoms with Crippen LogP contribution in [0.2, 0.25) is 0 Å². The number of amides is 1. The molecule has 1 heterocycles. The summed E-state index contributed by atoms with van der Waals surface area (Å²) < 4.78 is 5.00. The average Bonchev–Trinajstić information content (AvgIpc) is 2.88. The number of likely N-dealkylation sites (tertiary alicyclic amines) is 1. The number of aliphatic carboxylic acids is 1. The second-order valence-electron chi connectivity index (χ2n) is 4.62. The average molecular weight is 263 g/mol. The van der Waals surface area contributed by atoms with Gasteiger partial charge in [0, 0.05) is 19.2 Å². The third-order valence-corrected chi connectivity index (χ3v) is 3.31. The van der Waals surface area contributed by atoms with E-state index in [0.29, 0.717) is 25.1 Å². The normalized spacial score (nSPS) is 18.6. The molecule has 102 valence electrons. The Hall–Kier alpha value is -1.88. The maximum Gasteiger partial charge on any atom is 0.326 e. The van der Waals surface area contributed by atoms with Crippen LogP contribution in [0.4, 0.5) is 0 Å². The third-order valence-electron chi connectivity index (χ3n) is 3.31. The van der Waals surface area contributed by atoms with Gasteiger partial charge < -0.3 is 14.7 Å². The predicted octanol–water partition coefficient (Wildman–Crippen LogP) is 1.52. The summed E-state index contributed by atoms with van der Waals surface area (Å²) in [5.41, 5.74) is 1.50. The Morgan fingerprint density at radius 1 is 1.37 bits per heavy atom. The van der Waals surface area contributed by atoms with Gasteiger partial charge in [0.2, 0.25) is 0 Å². The molecule has 2 rings (SSSR count). The predicted molar refractivity (Wildman–Crippen MR) is 68.8 cm³/mol. The number of benzene rings is 1. The summed E-state index contributed by atoms with van der Waals surface area (Å²) >= 11 is 0. The molecule has 0 spiro atoms. The SMILES string of the molecule is COCc1ccc(C(=O)N2CCC[C@H]2C(=O)O)cc1. The topological polar surface area (TPSA) is 66.8 Å². The molecule has 0 aliphatic carbocycles. The van der Waals surface area contributed by atoms with E-state index in [1.807, 2.05) is 12.1 Å². The Kier molecular flexibility index (Phi) is 4.16. The molecule has 0 unspecified atom stereocenters. The Labute approximate surface area is 111 Å². The summed E-state index contributed by atoms with van der Waals surface area (Å²) in [5.74, 6) is -1.14. The number of hydrogen-bond acceptors (Lipinski definition) is 3. The van der Waals surface area contributed by atoms with E-state index >= 15 is 0 Å². The first-order valence-corrected chi connectivity index (χ1v) is 6.25. The van der Waals surface area contributed by atoms with Crippen molar-refractivity contribution in [2.24, 2.45) is 0 Å². The fourth-order valence-corrected chi connectivity index (χ4v) is 2.34. The Morgan fingerprint density at radius 2 is 2.05 bits per heavy atom. The first-order chi connectivity index (χ1) is 9.13. The molecule has 5 nitrogen and oxygen atoms in total. The van der Waals surface area contributed by atoms with Gasteiger partial charge in [-0.3, -0.25) is 4.79 Å². The van der Waals surface area contributed by atoms with Crippen LogP contribution in [0.1, 0.15) is 28.8 Å². The van der Waals surface area contributed by atoms with Crippen molar-refractivity contribution in [3.63, 3.8) is 0 Å². The van der Waals surface area contributed by atoms with Crippen LogP contribution >= 0.6 is 0 Å². The zero-order valence-corrected chi connectivity index (χ0v) is 10.8. The van der Waals surface area contributed by atoms with Gasteiger partial charge in [0.15, 0.2) is 0 Å². The van der Waals surface area contributed by atoms with Crippen molar-refractivity contribution in [1.29, 1.82) is 0 Å². The van der Waals surface area contributed by atoms with Crippen molar-refractivity contribution in [3.8, 4) is 0 Å². The maximum atomic E-state index is 12.3. The molecule has 19 heavy (non-hydrogen) atoms. The molecule has 0 radical (unpaired) electrons. The summed E-state index contributed by atoms with van der Waals surface area (Å²) in [5, 5.41) is 9.08. The number of carbonyl (C=O) groups excluding carboxylic acids is 1. The molecular formula is C14H17NO4. The molecule has 0 aromatic heterocycles. The lowest BCUT2D eigenvalue weighted by Gasteiger charge is -2.21. The van der Waals surface area contributed by atoms with Crippen molar-refractivity contribution >= 4 is 11.9 Å². The van der Waals surface area contributed by atoms with Gasteiger partial charge in [0.05, 0.1) is 6.61 Å². The van der Waals surface area contributed by atoms with E-state index in [4.69, 9.17) is 9.84 Å². The quantitative estimate of drug-likeness (QED) is 0.894. The van der Waals surface area contributed by atoms with Gasteiger partial charge in [-0.1, -0.05) is 12.1 Å². The number of carboxylic acids is 1. The molecule has 1 aromatic rings. The van der Waals surface area contributed by atoms with E-state index in [9.17, 15) is 9.59 Å². The van der Waals surface area contributed by atoms with Crippen molar-refractivity contribution in [1.82, 2.24) is 4.90 Å². The summed E-state index contributed by atoms with van der Waals surface area (Å²) in [4.78, 5) is 24.8. The molecule has 0 bridgehead atoms. The third kappa shape index (κ3) is 2.93. The van der Waals surface area contributed by atoms with E-state index in [0.717, 1.165) is 12.0 Å². The van der Waals surface area contributed by atoms with Gasteiger partial charge in [-0.2, -0.15) is 0 Å². The lowest BCUT2D eigenvalue weighted by atomic mass is 10.1. The number of nitrogens with zero attached hydrogens (tertiary/aromatic N) is 1. The van der Waals surface area contributed by atoms with Gasteiger partial charge in [-0.15, -0.1) is 0 Å². The van der Waals surface area contributed by atoms with E-state index in [-0.39, 0.29) is 5.91 Å². The van der Waals surface area contributed by atoms with Crippen molar-refractivity contribution in [3.05, 3.63) is 35.4 Å². The van der Waals surface area contributed by atoms with E-state index < -0.39 is 12.0 Å². The number of methoxy groups -OCH3 is 1. The zero-order chi connectivity index (χ0) is 13.8. The highest BCUT2D eigenvalue weighted by Crippen LogP contribution is 2.20. The summed E-state index contributed by atoms with van der Waals surface area (Å²) in [7, 11) is 1.61. The van der Waals surface area contributed by atoms with E-state index in [1.54, 1.807) is 19.2 Å². The Bertz CT molecular complexity index is 469. The molecular weight excluding hydrogens is 246 g/mol. The number of ether oxygens (including phenoxy) is 1. The first-order valence-electron chi connectivity index (χ1n) is 6.25. The summed E-state index contributed by atoms with van der Waals surface area (Å²) in [6.45, 7) is 1.01. The molecule has 0 saturated carbocycles. The largest absolute Gasteiger partial charge is 0.480 e. The smallest absolute Gasteiger partial charge is 0.326 e. The first kappa shape index (κ1) is 13.5. The minimum atomic E-state index is -0.929. The number of carboxylic acid groups (broad SMARTS) is 1. The summed E-state index contributed by atoms with van der Waals surface area (Å²) in [6.07, 6.45) is 1.27. The van der Waals surface area contributed by atoms with Crippen LogP contribution in [-0.4, -0.2) is 41.6 Å². The van der Waals surface area contributed by atoms with Crippen molar-refractivity contribution < 1.29 is 19.4 Å². The van der Waals surface area contributed by atoms with Crippen LogP contribution in [0.5, 0.6) is 0 Å². The van der Waals surface area contributed by atoms with Crippen LogP contribution in [0, 0.1) is 0 Å². The molecule has 1 aliphatic heterocycles.